The van der Waals surface area contributed by atoms with Crippen LogP contribution in [0.2, 0.25) is 0 Å². The highest BCUT2D eigenvalue weighted by molar-refractivity contribution is 7.80. The molecule has 10 heteroatoms. The molecule has 2 aromatic heterocycles. The number of hydrogen-bond donors (Lipinski definition) is 2. The summed E-state index contributed by atoms with van der Waals surface area (Å²) in [6, 6.07) is 1.75. The quantitative estimate of drug-likeness (QED) is 0.497. The summed E-state index contributed by atoms with van der Waals surface area (Å²) in [6.45, 7) is 11.6. The Bertz CT molecular complexity index is 912. The van der Waals surface area contributed by atoms with Crippen molar-refractivity contribution in [2.45, 2.75) is 47.0 Å². The van der Waals surface area contributed by atoms with E-state index >= 15 is 0 Å². The highest BCUT2D eigenvalue weighted by Crippen LogP contribution is 2.34. The van der Waals surface area contributed by atoms with Crippen molar-refractivity contribution < 1.29 is 23.6 Å². The number of ether oxygens (including phenoxy) is 2. The fraction of sp³-hybridized carbons (Fsp3) is 0.474. The Hall–Kier alpha value is -2.46. The third-order valence-corrected chi connectivity index (χ3v) is 5.20. The van der Waals surface area contributed by atoms with E-state index in [4.69, 9.17) is 26.2 Å². The molecule has 0 saturated heterocycles. The second-order valence-electron chi connectivity index (χ2n) is 7.11. The number of anilines is 2. The van der Waals surface area contributed by atoms with E-state index in [0.29, 0.717) is 27.0 Å². The van der Waals surface area contributed by atoms with Gasteiger partial charge in [-0.15, -0.1) is 11.3 Å². The van der Waals surface area contributed by atoms with Crippen molar-refractivity contribution in [2.24, 2.45) is 0 Å². The van der Waals surface area contributed by atoms with E-state index in [1.54, 1.807) is 26.8 Å². The van der Waals surface area contributed by atoms with Crippen molar-refractivity contribution in [3.63, 3.8) is 0 Å². The molecule has 0 bridgehead atoms. The van der Waals surface area contributed by atoms with Gasteiger partial charge in [0.1, 0.15) is 15.6 Å². The van der Waals surface area contributed by atoms with Crippen LogP contribution in [0.25, 0.3) is 0 Å². The van der Waals surface area contributed by atoms with Crippen molar-refractivity contribution in [3.8, 4) is 0 Å². The molecule has 2 N–H and O–H groups in total. The Morgan fingerprint density at radius 3 is 2.34 bits per heavy atom. The molecule has 0 aliphatic carbocycles. The number of nitrogens with zero attached hydrogens (tertiary/aromatic N) is 1. The molecule has 158 valence electrons. The zero-order chi connectivity index (χ0) is 21.8. The van der Waals surface area contributed by atoms with E-state index < -0.39 is 11.9 Å². The normalized spacial score (nSPS) is 11.1. The van der Waals surface area contributed by atoms with Gasteiger partial charge in [-0.3, -0.25) is 0 Å². The molecule has 0 amide bonds. The fourth-order valence-electron chi connectivity index (χ4n) is 2.38. The van der Waals surface area contributed by atoms with Crippen molar-refractivity contribution >= 4 is 51.4 Å². The second-order valence-corrected chi connectivity index (χ2v) is 8.54. The van der Waals surface area contributed by atoms with Gasteiger partial charge in [0.05, 0.1) is 18.8 Å². The Morgan fingerprint density at radius 2 is 1.79 bits per heavy atom. The second kappa shape index (κ2) is 9.36. The van der Waals surface area contributed by atoms with Crippen LogP contribution in [-0.2, 0) is 14.9 Å². The molecule has 0 fully saturated rings. The molecular weight excluding hydrogens is 414 g/mol. The molecule has 8 nitrogen and oxygen atoms in total. The van der Waals surface area contributed by atoms with Gasteiger partial charge in [0.2, 0.25) is 0 Å². The number of aromatic nitrogens is 1. The minimum Gasteiger partial charge on any atom is -0.462 e. The number of esters is 2. The third-order valence-electron chi connectivity index (χ3n) is 3.81. The summed E-state index contributed by atoms with van der Waals surface area (Å²) in [5, 5.41) is 10.4. The minimum absolute atomic E-state index is 0.195. The number of carbonyl (C=O) groups excluding carboxylic acids is 2. The maximum atomic E-state index is 12.4. The van der Waals surface area contributed by atoms with Gasteiger partial charge in [-0.25, -0.2) is 9.59 Å². The van der Waals surface area contributed by atoms with Gasteiger partial charge < -0.3 is 24.6 Å². The maximum absolute atomic E-state index is 12.4. The molecule has 2 aromatic rings. The molecule has 2 heterocycles. The molecule has 0 aliphatic rings. The number of rotatable bonds is 6. The van der Waals surface area contributed by atoms with Crippen LogP contribution in [-0.4, -0.2) is 35.4 Å². The summed E-state index contributed by atoms with van der Waals surface area (Å²) in [4.78, 5) is 25.0. The largest absolute Gasteiger partial charge is 0.462 e. The lowest BCUT2D eigenvalue weighted by Crippen LogP contribution is -2.20. The monoisotopic (exact) mass is 439 g/mol. The number of nitrogens with one attached hydrogen (secondary N) is 2. The smallest absolute Gasteiger partial charge is 0.348 e. The SMILES string of the molecule is CCOC(=O)c1sc(NC(=S)Nc2cc(C(C)(C)C)on2)c(C(=O)OCC)c1C. The Labute approximate surface area is 178 Å². The molecule has 0 saturated carbocycles. The average molecular weight is 440 g/mol. The van der Waals surface area contributed by atoms with Crippen molar-refractivity contribution in [2.75, 3.05) is 23.8 Å². The fourth-order valence-corrected chi connectivity index (χ4v) is 3.74. The Morgan fingerprint density at radius 1 is 1.17 bits per heavy atom. The van der Waals surface area contributed by atoms with Crippen LogP contribution in [0, 0.1) is 6.92 Å². The van der Waals surface area contributed by atoms with E-state index in [0.717, 1.165) is 11.3 Å². The summed E-state index contributed by atoms with van der Waals surface area (Å²) in [5.74, 6) is 0.0907. The first-order valence-corrected chi connectivity index (χ1v) is 10.3. The van der Waals surface area contributed by atoms with Gasteiger partial charge in [-0.1, -0.05) is 25.9 Å². The summed E-state index contributed by atoms with van der Waals surface area (Å²) in [7, 11) is 0. The van der Waals surface area contributed by atoms with Crippen LogP contribution in [0.1, 0.15) is 66.0 Å². The summed E-state index contributed by atoms with van der Waals surface area (Å²) >= 11 is 6.41. The summed E-state index contributed by atoms with van der Waals surface area (Å²) < 4.78 is 15.5. The van der Waals surface area contributed by atoms with Crippen LogP contribution >= 0.6 is 23.6 Å². The predicted octanol–water partition coefficient (Wildman–Crippen LogP) is 4.50. The topological polar surface area (TPSA) is 103 Å². The van der Waals surface area contributed by atoms with E-state index in [2.05, 4.69) is 15.8 Å². The van der Waals surface area contributed by atoms with Crippen molar-refractivity contribution in [3.05, 3.63) is 27.8 Å². The van der Waals surface area contributed by atoms with Gasteiger partial charge in [0.15, 0.2) is 10.9 Å². The standard InChI is InChI=1S/C19H25N3O5S2/c1-7-25-16(23)13-10(3)14(17(24)26-8-2)29-15(13)21-18(28)20-12-9-11(27-22-12)19(4,5)6/h9H,7-8H2,1-6H3,(H2,20,21,22,28). The minimum atomic E-state index is -0.543. The Kier molecular flexibility index (Phi) is 7.37. The zero-order valence-electron chi connectivity index (χ0n) is 17.3. The molecule has 0 aromatic carbocycles. The number of carbonyl (C=O) groups is 2. The first kappa shape index (κ1) is 22.8. The average Bonchev–Trinajstić information content (AvgIpc) is 3.20. The van der Waals surface area contributed by atoms with Gasteiger partial charge in [-0.05, 0) is 38.6 Å². The maximum Gasteiger partial charge on any atom is 0.348 e. The summed E-state index contributed by atoms with van der Waals surface area (Å²) in [6.07, 6.45) is 0. The van der Waals surface area contributed by atoms with Crippen LogP contribution in [0.15, 0.2) is 10.6 Å². The molecule has 29 heavy (non-hydrogen) atoms. The Balaban J connectivity index is 2.26. The highest BCUT2D eigenvalue weighted by atomic mass is 32.1. The number of hydrogen-bond acceptors (Lipinski definition) is 8. The van der Waals surface area contributed by atoms with Gasteiger partial charge in [0, 0.05) is 11.5 Å². The highest BCUT2D eigenvalue weighted by Gasteiger charge is 2.27. The van der Waals surface area contributed by atoms with Crippen LogP contribution < -0.4 is 10.6 Å². The van der Waals surface area contributed by atoms with Crippen LogP contribution in [0.4, 0.5) is 10.8 Å². The van der Waals surface area contributed by atoms with Gasteiger partial charge >= 0.3 is 11.9 Å². The van der Waals surface area contributed by atoms with Crippen LogP contribution in [0.3, 0.4) is 0 Å². The zero-order valence-corrected chi connectivity index (χ0v) is 18.9. The van der Waals surface area contributed by atoms with E-state index in [-0.39, 0.29) is 29.3 Å². The lowest BCUT2D eigenvalue weighted by molar-refractivity contribution is 0.0527. The molecule has 0 radical (unpaired) electrons. The molecule has 0 unspecified atom stereocenters. The van der Waals surface area contributed by atoms with E-state index in [1.807, 2.05) is 20.8 Å². The summed E-state index contributed by atoms with van der Waals surface area (Å²) in [5.41, 5.74) is 0.534. The third kappa shape index (κ3) is 5.54. The van der Waals surface area contributed by atoms with Crippen LogP contribution in [0.5, 0.6) is 0 Å². The molecule has 0 aliphatic heterocycles. The molecule has 0 atom stereocenters. The predicted molar refractivity (Wildman–Crippen MR) is 116 cm³/mol. The van der Waals surface area contributed by atoms with E-state index in [9.17, 15) is 9.59 Å². The first-order chi connectivity index (χ1) is 13.6. The molecule has 0 spiro atoms. The van der Waals surface area contributed by atoms with Gasteiger partial charge in [0.25, 0.3) is 0 Å². The lowest BCUT2D eigenvalue weighted by Gasteiger charge is -2.12. The lowest BCUT2D eigenvalue weighted by atomic mass is 9.93. The first-order valence-electron chi connectivity index (χ1n) is 9.11. The van der Waals surface area contributed by atoms with Crippen molar-refractivity contribution in [1.82, 2.24) is 5.16 Å². The molecule has 2 rings (SSSR count). The van der Waals surface area contributed by atoms with E-state index in [1.165, 1.54) is 0 Å². The molecular formula is C19H25N3O5S2. The number of thiocarbonyl (C=S) groups is 1. The van der Waals surface area contributed by atoms with Gasteiger partial charge in [-0.2, -0.15) is 0 Å². The number of thiophene rings is 1. The van der Waals surface area contributed by atoms with Crippen molar-refractivity contribution in [1.29, 1.82) is 0 Å².